The average molecular weight is 284 g/mol. The summed E-state index contributed by atoms with van der Waals surface area (Å²) in [6, 6.07) is 11.7. The summed E-state index contributed by atoms with van der Waals surface area (Å²) in [6.07, 6.45) is 2.52. The zero-order valence-electron chi connectivity index (χ0n) is 12.2. The lowest BCUT2D eigenvalue weighted by Gasteiger charge is -2.22. The van der Waals surface area contributed by atoms with Gasteiger partial charge < -0.3 is 15.1 Å². The predicted octanol–water partition coefficient (Wildman–Crippen LogP) is 2.76. The average Bonchev–Trinajstić information content (AvgIpc) is 3.15. The van der Waals surface area contributed by atoms with Crippen LogP contribution in [0.4, 0.5) is 0 Å². The Morgan fingerprint density at radius 2 is 2.10 bits per heavy atom. The van der Waals surface area contributed by atoms with E-state index in [-0.39, 0.29) is 11.3 Å². The number of nitrogens with two attached hydrogens (primary N) is 1. The first kappa shape index (κ1) is 13.9. The number of benzene rings is 1. The number of hydrogen-bond acceptors (Lipinski definition) is 3. The second-order valence-corrected chi connectivity index (χ2v) is 6.02. The van der Waals surface area contributed by atoms with Gasteiger partial charge in [0.05, 0.1) is 6.26 Å². The van der Waals surface area contributed by atoms with Crippen molar-refractivity contribution in [1.29, 1.82) is 0 Å². The summed E-state index contributed by atoms with van der Waals surface area (Å²) in [5.41, 5.74) is 7.68. The topological polar surface area (TPSA) is 59.5 Å². The van der Waals surface area contributed by atoms with Gasteiger partial charge in [-0.25, -0.2) is 0 Å². The first-order valence-corrected chi connectivity index (χ1v) is 7.25. The van der Waals surface area contributed by atoms with Crippen LogP contribution in [0.3, 0.4) is 0 Å². The highest BCUT2D eigenvalue weighted by molar-refractivity contribution is 5.98. The molecular formula is C17H20N2O2. The van der Waals surface area contributed by atoms with E-state index in [1.165, 1.54) is 0 Å². The van der Waals surface area contributed by atoms with Gasteiger partial charge in [0.1, 0.15) is 0 Å². The molecule has 1 fully saturated rings. The number of carbonyl (C=O) groups excluding carboxylic acids is 1. The van der Waals surface area contributed by atoms with E-state index in [1.54, 1.807) is 6.26 Å². The summed E-state index contributed by atoms with van der Waals surface area (Å²) in [5.74, 6) is 0.374. The van der Waals surface area contributed by atoms with Crippen LogP contribution in [0.1, 0.15) is 23.9 Å². The van der Waals surface area contributed by atoms with Crippen molar-refractivity contribution in [2.24, 2.45) is 11.1 Å². The van der Waals surface area contributed by atoms with Crippen LogP contribution in [0.25, 0.3) is 11.1 Å². The van der Waals surface area contributed by atoms with Gasteiger partial charge in [0.15, 0.2) is 5.76 Å². The van der Waals surface area contributed by atoms with Gasteiger partial charge in [0.2, 0.25) is 0 Å². The van der Waals surface area contributed by atoms with Gasteiger partial charge in [0.25, 0.3) is 5.91 Å². The number of furan rings is 1. The third-order valence-electron chi connectivity index (χ3n) is 4.28. The summed E-state index contributed by atoms with van der Waals surface area (Å²) >= 11 is 0. The molecule has 2 N–H and O–H groups in total. The highest BCUT2D eigenvalue weighted by Crippen LogP contribution is 2.32. The highest BCUT2D eigenvalue weighted by Gasteiger charge is 2.36. The summed E-state index contributed by atoms with van der Waals surface area (Å²) in [4.78, 5) is 14.5. The molecule has 0 aliphatic carbocycles. The van der Waals surface area contributed by atoms with Crippen molar-refractivity contribution in [3.05, 3.63) is 48.4 Å². The molecule has 110 valence electrons. The molecule has 0 radical (unpaired) electrons. The summed E-state index contributed by atoms with van der Waals surface area (Å²) in [7, 11) is 0. The van der Waals surface area contributed by atoms with E-state index in [1.807, 2.05) is 41.3 Å². The number of likely N-dealkylation sites (tertiary alicyclic amines) is 1. The van der Waals surface area contributed by atoms with Crippen LogP contribution in [0.15, 0.2) is 47.1 Å². The monoisotopic (exact) mass is 284 g/mol. The molecule has 3 rings (SSSR count). The number of amides is 1. The number of hydrogen-bond donors (Lipinski definition) is 1. The standard InChI is InChI=1S/C17H20N2O2/c1-17(11-18)8-9-19(12-17)16(20)15-14(7-10-21-15)13-5-3-2-4-6-13/h2-7,10H,8-9,11-12,18H2,1H3. The fraction of sp³-hybridized carbons (Fsp3) is 0.353. The van der Waals surface area contributed by atoms with Crippen molar-refractivity contribution >= 4 is 5.91 Å². The van der Waals surface area contributed by atoms with Gasteiger partial charge in [-0.3, -0.25) is 4.79 Å². The quantitative estimate of drug-likeness (QED) is 0.942. The number of rotatable bonds is 3. The molecule has 1 aromatic carbocycles. The van der Waals surface area contributed by atoms with E-state index in [0.717, 1.165) is 24.1 Å². The Morgan fingerprint density at radius 3 is 2.76 bits per heavy atom. The van der Waals surface area contributed by atoms with Crippen LogP contribution < -0.4 is 5.73 Å². The molecular weight excluding hydrogens is 264 g/mol. The fourth-order valence-corrected chi connectivity index (χ4v) is 2.83. The summed E-state index contributed by atoms with van der Waals surface area (Å²) in [5, 5.41) is 0. The highest BCUT2D eigenvalue weighted by atomic mass is 16.3. The van der Waals surface area contributed by atoms with Crippen LogP contribution in [0.2, 0.25) is 0 Å². The second kappa shape index (κ2) is 5.37. The zero-order valence-corrected chi connectivity index (χ0v) is 12.2. The molecule has 2 aromatic rings. The number of carbonyl (C=O) groups is 1. The Bertz CT molecular complexity index is 635. The molecule has 1 saturated heterocycles. The molecule has 1 aliphatic heterocycles. The molecule has 1 atom stereocenters. The molecule has 1 amide bonds. The second-order valence-electron chi connectivity index (χ2n) is 6.02. The van der Waals surface area contributed by atoms with E-state index < -0.39 is 0 Å². The zero-order chi connectivity index (χ0) is 14.9. The maximum atomic E-state index is 12.7. The maximum absolute atomic E-state index is 12.7. The normalized spacial score (nSPS) is 21.7. The Kier molecular flexibility index (Phi) is 3.55. The van der Waals surface area contributed by atoms with Crippen LogP contribution in [0.5, 0.6) is 0 Å². The van der Waals surface area contributed by atoms with Crippen LogP contribution in [-0.2, 0) is 0 Å². The van der Waals surface area contributed by atoms with Crippen molar-refractivity contribution in [3.8, 4) is 11.1 Å². The summed E-state index contributed by atoms with van der Waals surface area (Å²) in [6.45, 7) is 4.15. The fourth-order valence-electron chi connectivity index (χ4n) is 2.83. The Hall–Kier alpha value is -2.07. The minimum Gasteiger partial charge on any atom is -0.459 e. The van der Waals surface area contributed by atoms with E-state index in [2.05, 4.69) is 6.92 Å². The van der Waals surface area contributed by atoms with Gasteiger partial charge >= 0.3 is 0 Å². The molecule has 21 heavy (non-hydrogen) atoms. The smallest absolute Gasteiger partial charge is 0.290 e. The molecule has 1 aromatic heterocycles. The van der Waals surface area contributed by atoms with Crippen LogP contribution in [0, 0.1) is 5.41 Å². The van der Waals surface area contributed by atoms with Crippen LogP contribution in [-0.4, -0.2) is 30.4 Å². The van der Waals surface area contributed by atoms with Gasteiger partial charge in [0, 0.05) is 18.7 Å². The minimum atomic E-state index is -0.0453. The largest absolute Gasteiger partial charge is 0.459 e. The van der Waals surface area contributed by atoms with Gasteiger partial charge in [-0.05, 0) is 30.0 Å². The molecule has 0 bridgehead atoms. The molecule has 4 nitrogen and oxygen atoms in total. The Morgan fingerprint density at radius 1 is 1.33 bits per heavy atom. The molecule has 0 saturated carbocycles. The Balaban J connectivity index is 1.86. The molecule has 4 heteroatoms. The molecule has 0 spiro atoms. The molecule has 2 heterocycles. The first-order chi connectivity index (χ1) is 10.1. The van der Waals surface area contributed by atoms with Crippen molar-refractivity contribution in [2.75, 3.05) is 19.6 Å². The minimum absolute atomic E-state index is 0.0230. The van der Waals surface area contributed by atoms with Gasteiger partial charge in [-0.1, -0.05) is 37.3 Å². The van der Waals surface area contributed by atoms with Gasteiger partial charge in [-0.15, -0.1) is 0 Å². The first-order valence-electron chi connectivity index (χ1n) is 7.25. The lowest BCUT2D eigenvalue weighted by Crippen LogP contribution is -2.34. The van der Waals surface area contributed by atoms with Crippen molar-refractivity contribution in [1.82, 2.24) is 4.90 Å². The Labute approximate surface area is 124 Å². The lowest BCUT2D eigenvalue weighted by molar-refractivity contribution is 0.0746. The van der Waals surface area contributed by atoms with E-state index in [9.17, 15) is 4.79 Å². The number of nitrogens with zero attached hydrogens (tertiary/aromatic N) is 1. The van der Waals surface area contributed by atoms with Crippen molar-refractivity contribution < 1.29 is 9.21 Å². The summed E-state index contributed by atoms with van der Waals surface area (Å²) < 4.78 is 5.47. The molecule has 1 unspecified atom stereocenters. The predicted molar refractivity (Wildman–Crippen MR) is 81.8 cm³/mol. The lowest BCUT2D eigenvalue weighted by atomic mass is 9.90. The van der Waals surface area contributed by atoms with Crippen molar-refractivity contribution in [2.45, 2.75) is 13.3 Å². The van der Waals surface area contributed by atoms with Crippen molar-refractivity contribution in [3.63, 3.8) is 0 Å². The van der Waals surface area contributed by atoms with E-state index in [0.29, 0.717) is 18.8 Å². The van der Waals surface area contributed by atoms with Gasteiger partial charge in [-0.2, -0.15) is 0 Å². The third-order valence-corrected chi connectivity index (χ3v) is 4.28. The van der Waals surface area contributed by atoms with E-state index in [4.69, 9.17) is 10.2 Å². The third kappa shape index (κ3) is 2.59. The SMILES string of the molecule is CC1(CN)CCN(C(=O)c2occc2-c2ccccc2)C1. The van der Waals surface area contributed by atoms with Crippen LogP contribution >= 0.6 is 0 Å². The molecule has 1 aliphatic rings. The maximum Gasteiger partial charge on any atom is 0.290 e. The van der Waals surface area contributed by atoms with E-state index >= 15 is 0 Å².